The van der Waals surface area contributed by atoms with Crippen molar-refractivity contribution < 1.29 is 26.4 Å². The van der Waals surface area contributed by atoms with Gasteiger partial charge in [0, 0.05) is 12.1 Å². The van der Waals surface area contributed by atoms with Crippen molar-refractivity contribution in [2.75, 3.05) is 22.7 Å². The number of nitrogens with zero attached hydrogens (tertiary/aromatic N) is 1. The number of Topliss-reactive ketones (excluding diaryl/α,β-unsaturated/α-hetero) is 1. The largest absolute Gasteiger partial charge is 0.495 e. The number of carbonyl (C=O) groups excluding carboxylic acids is 1. The average molecular weight is 489 g/mol. The third-order valence-corrected chi connectivity index (χ3v) is 8.19. The highest BCUT2D eigenvalue weighted by Crippen LogP contribution is 2.32. The molecule has 8 nitrogen and oxygen atoms in total. The predicted molar refractivity (Wildman–Crippen MR) is 127 cm³/mol. The Labute approximate surface area is 193 Å². The maximum atomic E-state index is 13.3. The Bertz CT molecular complexity index is 1350. The molecule has 1 N–H and O–H groups in total. The highest BCUT2D eigenvalue weighted by atomic mass is 32.2. The van der Waals surface area contributed by atoms with Gasteiger partial charge in [-0.25, -0.2) is 16.8 Å². The molecule has 0 amide bonds. The molecule has 3 rings (SSSR count). The molecule has 0 fully saturated rings. The Morgan fingerprint density at radius 2 is 1.52 bits per heavy atom. The molecule has 0 aliphatic rings. The van der Waals surface area contributed by atoms with E-state index in [0.29, 0.717) is 11.3 Å². The molecule has 3 aromatic rings. The van der Waals surface area contributed by atoms with Crippen LogP contribution in [0.4, 0.5) is 11.4 Å². The minimum absolute atomic E-state index is 0.0293. The van der Waals surface area contributed by atoms with Crippen molar-refractivity contribution in [3.8, 4) is 5.75 Å². The quantitative estimate of drug-likeness (QED) is 0.457. The molecular weight excluding hydrogens is 464 g/mol. The molecule has 0 aromatic heterocycles. The van der Waals surface area contributed by atoms with E-state index in [1.54, 1.807) is 37.3 Å². The van der Waals surface area contributed by atoms with E-state index in [2.05, 4.69) is 4.72 Å². The zero-order valence-corrected chi connectivity index (χ0v) is 20.0. The summed E-state index contributed by atoms with van der Waals surface area (Å²) in [5.74, 6) is -0.0361. The normalized spacial score (nSPS) is 11.6. The number of ether oxygens (including phenoxy) is 1. The first-order valence-corrected chi connectivity index (χ1v) is 12.9. The molecule has 0 saturated heterocycles. The highest BCUT2D eigenvalue weighted by Gasteiger charge is 2.26. The van der Waals surface area contributed by atoms with Crippen LogP contribution >= 0.6 is 0 Å². The van der Waals surface area contributed by atoms with Crippen LogP contribution in [0, 0.1) is 0 Å². The lowest BCUT2D eigenvalue weighted by atomic mass is 10.2. The van der Waals surface area contributed by atoms with Gasteiger partial charge in [-0.15, -0.1) is 0 Å². The summed E-state index contributed by atoms with van der Waals surface area (Å²) in [5, 5.41) is 0. The fourth-order valence-electron chi connectivity index (χ4n) is 3.21. The molecular formula is C23H24N2O6S2. The summed E-state index contributed by atoms with van der Waals surface area (Å²) < 4.78 is 61.3. The van der Waals surface area contributed by atoms with Crippen LogP contribution in [-0.2, 0) is 20.0 Å². The average Bonchev–Trinajstić information content (AvgIpc) is 2.80. The second kappa shape index (κ2) is 9.63. The Kier molecular flexibility index (Phi) is 7.09. The Morgan fingerprint density at radius 1 is 0.909 bits per heavy atom. The number of sulfonamides is 2. The number of ketones is 1. The standard InChI is InChI=1S/C23H24N2O6S2/c1-4-25(19-8-6-5-7-9-19)33(29,30)21-14-15-23(31-3)22(16-21)24-32(27,28)20-12-10-18(11-13-20)17(2)26/h5-16,24H,4H2,1-3H3. The van der Waals surface area contributed by atoms with Crippen molar-refractivity contribution in [1.82, 2.24) is 0 Å². The molecule has 0 aliphatic carbocycles. The molecule has 0 saturated carbocycles. The third kappa shape index (κ3) is 5.18. The number of anilines is 2. The van der Waals surface area contributed by atoms with Gasteiger partial charge in [0.15, 0.2) is 5.78 Å². The fraction of sp³-hybridized carbons (Fsp3) is 0.174. The zero-order valence-electron chi connectivity index (χ0n) is 18.3. The monoisotopic (exact) mass is 488 g/mol. The Hall–Kier alpha value is -3.37. The van der Waals surface area contributed by atoms with Crippen molar-refractivity contribution in [3.05, 3.63) is 78.4 Å². The maximum Gasteiger partial charge on any atom is 0.264 e. The lowest BCUT2D eigenvalue weighted by molar-refractivity contribution is 0.101. The van der Waals surface area contributed by atoms with Gasteiger partial charge >= 0.3 is 0 Å². The van der Waals surface area contributed by atoms with Gasteiger partial charge in [0.1, 0.15) is 5.75 Å². The second-order valence-corrected chi connectivity index (χ2v) is 10.6. The lowest BCUT2D eigenvalue weighted by Gasteiger charge is -2.23. The molecule has 0 atom stereocenters. The van der Waals surface area contributed by atoms with Crippen LogP contribution in [-0.4, -0.2) is 36.3 Å². The van der Waals surface area contributed by atoms with E-state index >= 15 is 0 Å². The summed E-state index contributed by atoms with van der Waals surface area (Å²) in [7, 11) is -6.71. The molecule has 10 heteroatoms. The molecule has 0 heterocycles. The van der Waals surface area contributed by atoms with Crippen molar-refractivity contribution in [2.24, 2.45) is 0 Å². The van der Waals surface area contributed by atoms with Gasteiger partial charge in [-0.05, 0) is 56.3 Å². The first-order chi connectivity index (χ1) is 15.6. The zero-order chi connectivity index (χ0) is 24.2. The minimum Gasteiger partial charge on any atom is -0.495 e. The van der Waals surface area contributed by atoms with Crippen molar-refractivity contribution >= 4 is 37.2 Å². The van der Waals surface area contributed by atoms with Gasteiger partial charge in [-0.1, -0.05) is 30.3 Å². The number of hydrogen-bond donors (Lipinski definition) is 1. The Balaban J connectivity index is 2.01. The Morgan fingerprint density at radius 3 is 2.06 bits per heavy atom. The van der Waals surface area contributed by atoms with Crippen molar-refractivity contribution in [1.29, 1.82) is 0 Å². The smallest absolute Gasteiger partial charge is 0.264 e. The number of para-hydroxylation sites is 1. The van der Waals surface area contributed by atoms with E-state index < -0.39 is 20.0 Å². The van der Waals surface area contributed by atoms with E-state index in [1.165, 1.54) is 60.8 Å². The van der Waals surface area contributed by atoms with Gasteiger partial charge in [0.05, 0.1) is 28.3 Å². The molecule has 0 radical (unpaired) electrons. The first-order valence-electron chi connectivity index (χ1n) is 10.00. The summed E-state index contributed by atoms with van der Waals surface area (Å²) in [4.78, 5) is 11.3. The van der Waals surface area contributed by atoms with Crippen LogP contribution in [0.5, 0.6) is 5.75 Å². The molecule has 0 aliphatic heterocycles. The van der Waals surface area contributed by atoms with E-state index in [1.807, 2.05) is 0 Å². The number of methoxy groups -OCH3 is 1. The second-order valence-electron chi connectivity index (χ2n) is 7.05. The molecule has 0 unspecified atom stereocenters. The van der Waals surface area contributed by atoms with Crippen LogP contribution < -0.4 is 13.8 Å². The van der Waals surface area contributed by atoms with Crippen LogP contribution in [0.3, 0.4) is 0 Å². The van der Waals surface area contributed by atoms with Crippen molar-refractivity contribution in [2.45, 2.75) is 23.6 Å². The van der Waals surface area contributed by atoms with Gasteiger partial charge in [-0.2, -0.15) is 0 Å². The van der Waals surface area contributed by atoms with Crippen LogP contribution in [0.2, 0.25) is 0 Å². The van der Waals surface area contributed by atoms with E-state index in [9.17, 15) is 21.6 Å². The van der Waals surface area contributed by atoms with Gasteiger partial charge < -0.3 is 4.74 Å². The maximum absolute atomic E-state index is 13.3. The molecule has 0 bridgehead atoms. The van der Waals surface area contributed by atoms with E-state index in [-0.39, 0.29) is 33.6 Å². The highest BCUT2D eigenvalue weighted by molar-refractivity contribution is 7.93. The lowest BCUT2D eigenvalue weighted by Crippen LogP contribution is -2.30. The molecule has 174 valence electrons. The summed E-state index contributed by atoms with van der Waals surface area (Å²) in [6, 6.07) is 18.0. The fourth-order valence-corrected chi connectivity index (χ4v) is 5.77. The topological polar surface area (TPSA) is 110 Å². The summed E-state index contributed by atoms with van der Waals surface area (Å²) in [6.45, 7) is 3.28. The minimum atomic E-state index is -4.08. The van der Waals surface area contributed by atoms with Crippen molar-refractivity contribution in [3.63, 3.8) is 0 Å². The van der Waals surface area contributed by atoms with Crippen LogP contribution in [0.1, 0.15) is 24.2 Å². The SMILES string of the molecule is CCN(c1ccccc1)S(=O)(=O)c1ccc(OC)c(NS(=O)(=O)c2ccc(C(C)=O)cc2)c1. The van der Waals surface area contributed by atoms with E-state index in [4.69, 9.17) is 4.74 Å². The number of rotatable bonds is 9. The summed E-state index contributed by atoms with van der Waals surface area (Å²) in [5.41, 5.74) is 0.835. The summed E-state index contributed by atoms with van der Waals surface area (Å²) >= 11 is 0. The van der Waals surface area contributed by atoms with Gasteiger partial charge in [-0.3, -0.25) is 13.8 Å². The van der Waals surface area contributed by atoms with Gasteiger partial charge in [0.25, 0.3) is 20.0 Å². The molecule has 33 heavy (non-hydrogen) atoms. The summed E-state index contributed by atoms with van der Waals surface area (Å²) in [6.07, 6.45) is 0. The molecule has 3 aromatic carbocycles. The third-order valence-electron chi connectivity index (χ3n) is 4.91. The number of nitrogens with one attached hydrogen (secondary N) is 1. The van der Waals surface area contributed by atoms with Gasteiger partial charge in [0.2, 0.25) is 0 Å². The first kappa shape index (κ1) is 24.3. The van der Waals surface area contributed by atoms with E-state index in [0.717, 1.165) is 0 Å². The molecule has 0 spiro atoms. The number of carbonyl (C=O) groups is 1. The number of benzene rings is 3. The van der Waals surface area contributed by atoms with Crippen LogP contribution in [0.15, 0.2) is 82.6 Å². The predicted octanol–water partition coefficient (Wildman–Crippen LogP) is 3.91. The van der Waals surface area contributed by atoms with Crippen LogP contribution in [0.25, 0.3) is 0 Å². The number of hydrogen-bond acceptors (Lipinski definition) is 6.